The summed E-state index contributed by atoms with van der Waals surface area (Å²) in [6.07, 6.45) is 1.53. The van der Waals surface area contributed by atoms with E-state index in [1.165, 1.54) is 43.4 Å². The van der Waals surface area contributed by atoms with Gasteiger partial charge in [-0.2, -0.15) is 0 Å². The molecule has 3 amide bonds. The highest BCUT2D eigenvalue weighted by molar-refractivity contribution is 8.00. The van der Waals surface area contributed by atoms with Crippen molar-refractivity contribution in [3.8, 4) is 17.2 Å². The molecule has 0 atom stereocenters. The van der Waals surface area contributed by atoms with E-state index in [0.29, 0.717) is 40.1 Å². The topological polar surface area (TPSA) is 128 Å². The van der Waals surface area contributed by atoms with Gasteiger partial charge in [-0.25, -0.2) is 4.98 Å². The Balaban J connectivity index is 1.28. The number of para-hydroxylation sites is 1. The molecular weight excluding hydrogens is 637 g/mol. The number of ether oxygens (including phenoxy) is 3. The maximum atomic E-state index is 13.6. The third-order valence-electron chi connectivity index (χ3n) is 6.64. The molecule has 0 fully saturated rings. The van der Waals surface area contributed by atoms with Gasteiger partial charge in [0.15, 0.2) is 16.6 Å². The molecular formula is C35H32N4O6S2. The van der Waals surface area contributed by atoms with Crippen molar-refractivity contribution in [3.63, 3.8) is 0 Å². The molecule has 12 heteroatoms. The number of methoxy groups -OCH3 is 2. The molecule has 0 spiro atoms. The summed E-state index contributed by atoms with van der Waals surface area (Å²) in [4.78, 5) is 44.7. The van der Waals surface area contributed by atoms with Gasteiger partial charge < -0.3 is 30.2 Å². The van der Waals surface area contributed by atoms with Crippen LogP contribution in [0.4, 0.5) is 10.8 Å². The quantitative estimate of drug-likeness (QED) is 0.0918. The van der Waals surface area contributed by atoms with Gasteiger partial charge in [-0.15, -0.1) is 11.8 Å². The Morgan fingerprint density at radius 3 is 2.47 bits per heavy atom. The molecule has 3 N–H and O–H groups in total. The smallest absolute Gasteiger partial charge is 0.272 e. The van der Waals surface area contributed by atoms with Crippen molar-refractivity contribution in [1.29, 1.82) is 0 Å². The highest BCUT2D eigenvalue weighted by Crippen LogP contribution is 2.33. The van der Waals surface area contributed by atoms with Crippen LogP contribution >= 0.6 is 23.1 Å². The maximum Gasteiger partial charge on any atom is 0.272 e. The number of hydrogen-bond donors (Lipinski definition) is 3. The van der Waals surface area contributed by atoms with Crippen molar-refractivity contribution in [2.24, 2.45) is 0 Å². The number of amides is 3. The molecule has 5 rings (SSSR count). The Hall–Kier alpha value is -5.33. The zero-order chi connectivity index (χ0) is 33.2. The van der Waals surface area contributed by atoms with Crippen LogP contribution in [0.1, 0.15) is 22.8 Å². The van der Waals surface area contributed by atoms with Gasteiger partial charge in [-0.1, -0.05) is 47.7 Å². The van der Waals surface area contributed by atoms with Crippen LogP contribution in [0.15, 0.2) is 102 Å². The number of benzene rings is 4. The van der Waals surface area contributed by atoms with Gasteiger partial charge in [0.2, 0.25) is 5.91 Å². The summed E-state index contributed by atoms with van der Waals surface area (Å²) in [5, 5.41) is 8.95. The van der Waals surface area contributed by atoms with Gasteiger partial charge in [-0.3, -0.25) is 14.4 Å². The second-order valence-corrected chi connectivity index (χ2v) is 11.9. The second-order valence-electron chi connectivity index (χ2n) is 9.86. The van der Waals surface area contributed by atoms with Gasteiger partial charge in [0.1, 0.15) is 11.4 Å². The molecule has 0 bridgehead atoms. The van der Waals surface area contributed by atoms with E-state index in [1.54, 1.807) is 66.7 Å². The molecule has 1 heterocycles. The molecule has 5 aromatic rings. The number of nitrogens with one attached hydrogen (secondary N) is 3. The van der Waals surface area contributed by atoms with Crippen LogP contribution in [0.25, 0.3) is 16.3 Å². The van der Waals surface area contributed by atoms with E-state index < -0.39 is 11.8 Å². The number of carbonyl (C=O) groups excluding carboxylic acids is 3. The van der Waals surface area contributed by atoms with Gasteiger partial charge in [0.25, 0.3) is 11.8 Å². The summed E-state index contributed by atoms with van der Waals surface area (Å²) in [5.74, 6) is 0.551. The zero-order valence-electron chi connectivity index (χ0n) is 25.9. The third-order valence-corrected chi connectivity index (χ3v) is 8.57. The lowest BCUT2D eigenvalue weighted by Gasteiger charge is -2.14. The normalized spacial score (nSPS) is 11.1. The lowest BCUT2D eigenvalue weighted by atomic mass is 10.1. The average Bonchev–Trinajstić information content (AvgIpc) is 3.49. The van der Waals surface area contributed by atoms with Gasteiger partial charge in [0.05, 0.1) is 36.8 Å². The van der Waals surface area contributed by atoms with Gasteiger partial charge >= 0.3 is 0 Å². The van der Waals surface area contributed by atoms with E-state index in [-0.39, 0.29) is 17.4 Å². The van der Waals surface area contributed by atoms with Crippen molar-refractivity contribution in [2.45, 2.75) is 11.8 Å². The molecule has 0 aliphatic rings. The Kier molecular flexibility index (Phi) is 11.1. The fraction of sp³-hybridized carbons (Fsp3) is 0.143. The fourth-order valence-corrected chi connectivity index (χ4v) is 6.17. The summed E-state index contributed by atoms with van der Waals surface area (Å²) in [5.41, 5.74) is 2.18. The average molecular weight is 669 g/mol. The van der Waals surface area contributed by atoms with Crippen LogP contribution in [0.2, 0.25) is 0 Å². The molecule has 240 valence electrons. The number of nitrogens with zero attached hydrogens (tertiary/aromatic N) is 1. The monoisotopic (exact) mass is 668 g/mol. The Labute approximate surface area is 280 Å². The first-order valence-corrected chi connectivity index (χ1v) is 16.3. The molecule has 0 saturated carbocycles. The van der Waals surface area contributed by atoms with E-state index in [4.69, 9.17) is 14.2 Å². The Bertz CT molecular complexity index is 1930. The molecule has 47 heavy (non-hydrogen) atoms. The van der Waals surface area contributed by atoms with E-state index in [9.17, 15) is 14.4 Å². The van der Waals surface area contributed by atoms with E-state index >= 15 is 0 Å². The molecule has 0 aliphatic heterocycles. The van der Waals surface area contributed by atoms with Crippen LogP contribution in [-0.2, 0) is 9.59 Å². The summed E-state index contributed by atoms with van der Waals surface area (Å²) in [6.45, 7) is 2.49. The number of thioether (sulfide) groups is 1. The minimum absolute atomic E-state index is 0.00736. The molecule has 0 aliphatic carbocycles. The summed E-state index contributed by atoms with van der Waals surface area (Å²) in [6, 6.07) is 26.6. The summed E-state index contributed by atoms with van der Waals surface area (Å²) in [7, 11) is 3.02. The highest BCUT2D eigenvalue weighted by atomic mass is 32.2. The van der Waals surface area contributed by atoms with Crippen molar-refractivity contribution >= 4 is 67.9 Å². The van der Waals surface area contributed by atoms with E-state index in [1.807, 2.05) is 31.2 Å². The number of anilines is 2. The molecule has 0 unspecified atom stereocenters. The number of carbonyl (C=O) groups is 3. The van der Waals surface area contributed by atoms with Crippen LogP contribution < -0.4 is 30.2 Å². The first-order chi connectivity index (χ1) is 22.9. The zero-order valence-corrected chi connectivity index (χ0v) is 27.5. The number of aromatic nitrogens is 1. The molecule has 1 aromatic heterocycles. The first-order valence-electron chi connectivity index (χ1n) is 14.5. The van der Waals surface area contributed by atoms with Crippen LogP contribution in [0.3, 0.4) is 0 Å². The van der Waals surface area contributed by atoms with Crippen molar-refractivity contribution in [1.82, 2.24) is 10.3 Å². The Morgan fingerprint density at radius 1 is 0.894 bits per heavy atom. The summed E-state index contributed by atoms with van der Waals surface area (Å²) >= 11 is 2.69. The van der Waals surface area contributed by atoms with Crippen molar-refractivity contribution in [2.75, 3.05) is 37.2 Å². The summed E-state index contributed by atoms with van der Waals surface area (Å²) < 4.78 is 17.4. The van der Waals surface area contributed by atoms with E-state index in [0.717, 1.165) is 20.9 Å². The first kappa shape index (κ1) is 33.0. The SMILES string of the molecule is CCOc1ccc2nc(NC(=O)CSc3cccc(NC(=O)/C(=C\c4cccc(OC)c4OC)NC(=O)c4ccccc4)c3)sc2c1. The van der Waals surface area contributed by atoms with E-state index in [2.05, 4.69) is 20.9 Å². The molecule has 0 saturated heterocycles. The van der Waals surface area contributed by atoms with Crippen LogP contribution in [0, 0.1) is 0 Å². The molecule has 4 aromatic carbocycles. The fourth-order valence-electron chi connectivity index (χ4n) is 4.50. The number of fused-ring (bicyclic) bond motifs is 1. The molecule has 0 radical (unpaired) electrons. The largest absolute Gasteiger partial charge is 0.494 e. The second kappa shape index (κ2) is 15.8. The molecule has 10 nitrogen and oxygen atoms in total. The lowest BCUT2D eigenvalue weighted by molar-refractivity contribution is -0.114. The minimum atomic E-state index is -0.553. The number of rotatable bonds is 13. The minimum Gasteiger partial charge on any atom is -0.494 e. The number of hydrogen-bond acceptors (Lipinski definition) is 9. The Morgan fingerprint density at radius 2 is 1.70 bits per heavy atom. The van der Waals surface area contributed by atoms with Crippen LogP contribution in [0.5, 0.6) is 17.2 Å². The number of thiazole rings is 1. The van der Waals surface area contributed by atoms with Crippen LogP contribution in [-0.4, -0.2) is 49.3 Å². The highest BCUT2D eigenvalue weighted by Gasteiger charge is 2.18. The maximum absolute atomic E-state index is 13.6. The predicted octanol–water partition coefficient (Wildman–Crippen LogP) is 6.85. The lowest BCUT2D eigenvalue weighted by Crippen LogP contribution is -2.30. The van der Waals surface area contributed by atoms with Crippen molar-refractivity contribution in [3.05, 3.63) is 108 Å². The predicted molar refractivity (Wildman–Crippen MR) is 187 cm³/mol. The van der Waals surface area contributed by atoms with Crippen molar-refractivity contribution < 1.29 is 28.6 Å². The van der Waals surface area contributed by atoms with Gasteiger partial charge in [-0.05, 0) is 67.6 Å². The van der Waals surface area contributed by atoms with Gasteiger partial charge in [0, 0.05) is 21.7 Å². The third kappa shape index (κ3) is 8.69. The standard InChI is InChI=1S/C35H32N4O6S2/c1-4-45-25-16-17-27-30(20-25)47-35(38-27)39-31(40)21-46-26-14-9-13-24(19-26)36-34(42)28(37-33(41)22-10-6-5-7-11-22)18-23-12-8-15-29(43-2)32(23)44-3/h5-20H,4,21H2,1-3H3,(H,36,42)(H,37,41)(H,38,39,40)/b28-18+.